The molecule has 0 radical (unpaired) electrons. The van der Waals surface area contributed by atoms with Gasteiger partial charge in [-0.3, -0.25) is 4.79 Å². The number of nitrogens with zero attached hydrogens (tertiary/aromatic N) is 1. The lowest BCUT2D eigenvalue weighted by Gasteiger charge is -2.38. The number of amides is 1. The van der Waals surface area contributed by atoms with E-state index < -0.39 is 0 Å². The Bertz CT molecular complexity index is 503. The van der Waals surface area contributed by atoms with Crippen LogP contribution in [0.2, 0.25) is 0 Å². The third-order valence-corrected chi connectivity index (χ3v) is 5.10. The monoisotopic (exact) mass is 323 g/mol. The molecule has 19 heavy (non-hydrogen) atoms. The molecule has 2 fully saturated rings. The van der Waals surface area contributed by atoms with Crippen LogP contribution in [0.3, 0.4) is 0 Å². The first kappa shape index (κ1) is 13.1. The summed E-state index contributed by atoms with van der Waals surface area (Å²) in [5.41, 5.74) is 1.83. The summed E-state index contributed by atoms with van der Waals surface area (Å²) in [6.07, 6.45) is 3.58. The van der Waals surface area contributed by atoms with Crippen molar-refractivity contribution in [3.05, 3.63) is 33.8 Å². The zero-order chi connectivity index (χ0) is 13.4. The summed E-state index contributed by atoms with van der Waals surface area (Å²) >= 11 is 3.50. The van der Waals surface area contributed by atoms with Crippen molar-refractivity contribution >= 4 is 21.8 Å². The van der Waals surface area contributed by atoms with E-state index in [1.54, 1.807) is 0 Å². The summed E-state index contributed by atoms with van der Waals surface area (Å²) in [5, 5.41) is 0. The highest BCUT2D eigenvalue weighted by Gasteiger charge is 2.38. The first-order chi connectivity index (χ1) is 9.18. The normalized spacial score (nSPS) is 26.3. The highest BCUT2D eigenvalue weighted by atomic mass is 79.9. The minimum Gasteiger partial charge on any atom is -0.374 e. The number of hydrogen-bond donors (Lipinski definition) is 0. The summed E-state index contributed by atoms with van der Waals surface area (Å²) in [5.74, 6) is 0.152. The molecular formula is C15H18BrNO2. The van der Waals surface area contributed by atoms with Gasteiger partial charge in [0.25, 0.3) is 5.91 Å². The van der Waals surface area contributed by atoms with E-state index in [1.807, 2.05) is 30.0 Å². The molecule has 0 N–H and O–H groups in total. The van der Waals surface area contributed by atoms with Crippen LogP contribution in [0.25, 0.3) is 0 Å². The van der Waals surface area contributed by atoms with Crippen LogP contribution in [-0.4, -0.2) is 36.1 Å². The maximum atomic E-state index is 12.8. The second-order valence-electron chi connectivity index (χ2n) is 5.32. The molecule has 3 nitrogen and oxygen atoms in total. The fraction of sp³-hybridized carbons (Fsp3) is 0.533. The van der Waals surface area contributed by atoms with Gasteiger partial charge >= 0.3 is 0 Å². The predicted octanol–water partition coefficient (Wildman–Crippen LogP) is 3.15. The molecule has 1 saturated heterocycles. The zero-order valence-corrected chi connectivity index (χ0v) is 12.6. The van der Waals surface area contributed by atoms with Gasteiger partial charge in [0.1, 0.15) is 0 Å². The first-order valence-electron chi connectivity index (χ1n) is 6.86. The molecule has 1 aliphatic heterocycles. The molecule has 4 heteroatoms. The van der Waals surface area contributed by atoms with Crippen molar-refractivity contribution in [3.63, 3.8) is 0 Å². The van der Waals surface area contributed by atoms with E-state index in [0.29, 0.717) is 13.2 Å². The summed E-state index contributed by atoms with van der Waals surface area (Å²) < 4.78 is 6.76. The van der Waals surface area contributed by atoms with Gasteiger partial charge in [-0.2, -0.15) is 0 Å². The van der Waals surface area contributed by atoms with E-state index in [1.165, 1.54) is 0 Å². The van der Waals surface area contributed by atoms with Crippen molar-refractivity contribution in [2.24, 2.45) is 0 Å². The summed E-state index contributed by atoms with van der Waals surface area (Å²) in [4.78, 5) is 14.8. The minimum absolute atomic E-state index is 0.152. The van der Waals surface area contributed by atoms with E-state index in [4.69, 9.17) is 4.74 Å². The molecular weight excluding hydrogens is 306 g/mol. The summed E-state index contributed by atoms with van der Waals surface area (Å²) in [7, 11) is 0. The van der Waals surface area contributed by atoms with E-state index in [9.17, 15) is 4.79 Å². The van der Waals surface area contributed by atoms with Gasteiger partial charge in [0.2, 0.25) is 0 Å². The molecule has 1 amide bonds. The Hall–Kier alpha value is -0.870. The highest BCUT2D eigenvalue weighted by molar-refractivity contribution is 9.10. The quantitative estimate of drug-likeness (QED) is 0.794. The van der Waals surface area contributed by atoms with Crippen molar-refractivity contribution < 1.29 is 9.53 Å². The Kier molecular flexibility index (Phi) is 3.63. The second-order valence-corrected chi connectivity index (χ2v) is 6.17. The lowest BCUT2D eigenvalue weighted by atomic mass is 10.0. The lowest BCUT2D eigenvalue weighted by Crippen LogP contribution is -2.51. The van der Waals surface area contributed by atoms with E-state index >= 15 is 0 Å². The van der Waals surface area contributed by atoms with E-state index in [2.05, 4.69) is 15.9 Å². The van der Waals surface area contributed by atoms with Gasteiger partial charge in [-0.15, -0.1) is 0 Å². The van der Waals surface area contributed by atoms with Crippen LogP contribution in [0.5, 0.6) is 0 Å². The van der Waals surface area contributed by atoms with Gasteiger partial charge in [-0.05, 0) is 43.9 Å². The molecule has 1 aromatic rings. The van der Waals surface area contributed by atoms with Crippen LogP contribution in [0, 0.1) is 6.92 Å². The molecule has 1 saturated carbocycles. The Morgan fingerprint density at radius 3 is 3.11 bits per heavy atom. The lowest BCUT2D eigenvalue weighted by molar-refractivity contribution is -0.0445. The van der Waals surface area contributed by atoms with Gasteiger partial charge in [0.05, 0.1) is 18.8 Å². The first-order valence-corrected chi connectivity index (χ1v) is 7.65. The molecule has 0 aromatic heterocycles. The Morgan fingerprint density at radius 1 is 1.42 bits per heavy atom. The number of benzene rings is 1. The molecule has 1 aliphatic carbocycles. The molecule has 2 aliphatic rings. The largest absolute Gasteiger partial charge is 0.374 e. The Labute approximate surface area is 122 Å². The number of halogens is 1. The molecule has 2 unspecified atom stereocenters. The van der Waals surface area contributed by atoms with Crippen molar-refractivity contribution in [2.75, 3.05) is 13.2 Å². The predicted molar refractivity (Wildman–Crippen MR) is 77.3 cm³/mol. The number of ether oxygens (including phenoxy) is 1. The summed E-state index contributed by atoms with van der Waals surface area (Å²) in [6.45, 7) is 3.37. The summed E-state index contributed by atoms with van der Waals surface area (Å²) in [6, 6.07) is 6.10. The van der Waals surface area contributed by atoms with Crippen molar-refractivity contribution in [2.45, 2.75) is 38.3 Å². The fourth-order valence-corrected chi connectivity index (χ4v) is 3.54. The molecule has 2 atom stereocenters. The van der Waals surface area contributed by atoms with Crippen LogP contribution >= 0.6 is 15.9 Å². The number of hydrogen-bond acceptors (Lipinski definition) is 2. The van der Waals surface area contributed by atoms with Crippen LogP contribution in [-0.2, 0) is 4.74 Å². The average molecular weight is 324 g/mol. The number of carbonyl (C=O) groups is 1. The topological polar surface area (TPSA) is 29.5 Å². The van der Waals surface area contributed by atoms with Crippen molar-refractivity contribution in [1.29, 1.82) is 0 Å². The Balaban J connectivity index is 1.88. The standard InChI is InChI=1S/C15H18BrNO2/c1-10-11(4-2-5-12(10)16)15(18)17-8-9-19-14-7-3-6-13(14)17/h2,4-5,13-14H,3,6-9H2,1H3. The van der Waals surface area contributed by atoms with Gasteiger partial charge < -0.3 is 9.64 Å². The maximum Gasteiger partial charge on any atom is 0.254 e. The molecule has 3 rings (SSSR count). The van der Waals surface area contributed by atoms with E-state index in [0.717, 1.165) is 34.9 Å². The number of fused-ring (bicyclic) bond motifs is 1. The second kappa shape index (κ2) is 5.25. The molecule has 1 heterocycles. The smallest absolute Gasteiger partial charge is 0.254 e. The minimum atomic E-state index is 0.152. The van der Waals surface area contributed by atoms with E-state index in [-0.39, 0.29) is 18.1 Å². The molecule has 102 valence electrons. The average Bonchev–Trinajstić information content (AvgIpc) is 2.89. The van der Waals surface area contributed by atoms with Gasteiger partial charge in [-0.1, -0.05) is 22.0 Å². The Morgan fingerprint density at radius 2 is 2.26 bits per heavy atom. The van der Waals surface area contributed by atoms with Crippen molar-refractivity contribution in [1.82, 2.24) is 4.90 Å². The number of morpholine rings is 1. The number of rotatable bonds is 1. The maximum absolute atomic E-state index is 12.8. The van der Waals surface area contributed by atoms with Crippen LogP contribution in [0.15, 0.2) is 22.7 Å². The van der Waals surface area contributed by atoms with Crippen molar-refractivity contribution in [3.8, 4) is 0 Å². The van der Waals surface area contributed by atoms with Crippen LogP contribution in [0.4, 0.5) is 0 Å². The third kappa shape index (κ3) is 2.32. The number of carbonyl (C=O) groups excluding carboxylic acids is 1. The molecule has 0 spiro atoms. The highest BCUT2D eigenvalue weighted by Crippen LogP contribution is 2.31. The fourth-order valence-electron chi connectivity index (χ4n) is 3.17. The van der Waals surface area contributed by atoms with Crippen LogP contribution in [0.1, 0.15) is 35.2 Å². The third-order valence-electron chi connectivity index (χ3n) is 4.24. The molecule has 0 bridgehead atoms. The van der Waals surface area contributed by atoms with Gasteiger partial charge in [0, 0.05) is 16.6 Å². The van der Waals surface area contributed by atoms with Gasteiger partial charge in [0.15, 0.2) is 0 Å². The molecule has 1 aromatic carbocycles. The van der Waals surface area contributed by atoms with Crippen LogP contribution < -0.4 is 0 Å². The SMILES string of the molecule is Cc1c(Br)cccc1C(=O)N1CCOC2CCCC21. The zero-order valence-electron chi connectivity index (χ0n) is 11.1. The van der Waals surface area contributed by atoms with Gasteiger partial charge in [-0.25, -0.2) is 0 Å².